The van der Waals surface area contributed by atoms with E-state index in [0.29, 0.717) is 11.8 Å². The highest BCUT2D eigenvalue weighted by Crippen LogP contribution is 2.16. The molecule has 0 saturated heterocycles. The SMILES string of the molecule is Cc1ccc(S(=O)(=O)NC(=O)NCCc2nnc(-c3ccncc3)o2)cc1. The molecule has 0 bridgehead atoms. The summed E-state index contributed by atoms with van der Waals surface area (Å²) in [5.41, 5.74) is 1.66. The van der Waals surface area contributed by atoms with Gasteiger partial charge in [0.15, 0.2) is 0 Å². The van der Waals surface area contributed by atoms with Crippen molar-refractivity contribution in [2.45, 2.75) is 18.2 Å². The highest BCUT2D eigenvalue weighted by molar-refractivity contribution is 7.90. The van der Waals surface area contributed by atoms with Crippen LogP contribution in [0.5, 0.6) is 0 Å². The van der Waals surface area contributed by atoms with E-state index in [9.17, 15) is 13.2 Å². The molecule has 2 aromatic heterocycles. The Morgan fingerprint density at radius 1 is 1.07 bits per heavy atom. The Labute approximate surface area is 155 Å². The van der Waals surface area contributed by atoms with E-state index in [1.165, 1.54) is 12.1 Å². The molecule has 0 fully saturated rings. The van der Waals surface area contributed by atoms with Crippen molar-refractivity contribution in [1.82, 2.24) is 25.2 Å². The number of rotatable bonds is 6. The minimum atomic E-state index is -3.92. The molecule has 0 aliphatic rings. The Morgan fingerprint density at radius 3 is 2.48 bits per heavy atom. The van der Waals surface area contributed by atoms with Crippen molar-refractivity contribution >= 4 is 16.1 Å². The number of carbonyl (C=O) groups excluding carboxylic acids is 1. The van der Waals surface area contributed by atoms with Gasteiger partial charge in [0.25, 0.3) is 10.0 Å². The number of urea groups is 1. The molecule has 0 unspecified atom stereocenters. The van der Waals surface area contributed by atoms with Crippen LogP contribution in [-0.2, 0) is 16.4 Å². The molecule has 0 aliphatic carbocycles. The molecular weight excluding hydrogens is 370 g/mol. The number of nitrogens with one attached hydrogen (secondary N) is 2. The standard InChI is InChI=1S/C17H17N5O4S/c1-12-2-4-14(5-3-12)27(24,25)22-17(23)19-11-8-15-20-21-16(26-15)13-6-9-18-10-7-13/h2-7,9-10H,8,11H2,1H3,(H2,19,22,23). The second-order valence-corrected chi connectivity index (χ2v) is 7.34. The first-order valence-corrected chi connectivity index (χ1v) is 9.52. The van der Waals surface area contributed by atoms with Crippen LogP contribution in [0.4, 0.5) is 4.79 Å². The van der Waals surface area contributed by atoms with Gasteiger partial charge in [0.05, 0.1) is 4.90 Å². The van der Waals surface area contributed by atoms with Crippen molar-refractivity contribution in [3.63, 3.8) is 0 Å². The zero-order valence-corrected chi connectivity index (χ0v) is 15.2. The van der Waals surface area contributed by atoms with Crippen LogP contribution in [0, 0.1) is 6.92 Å². The number of benzene rings is 1. The van der Waals surface area contributed by atoms with Gasteiger partial charge in [0.1, 0.15) is 0 Å². The number of hydrogen-bond acceptors (Lipinski definition) is 7. The molecule has 27 heavy (non-hydrogen) atoms. The van der Waals surface area contributed by atoms with Crippen LogP contribution in [0.25, 0.3) is 11.5 Å². The fourth-order valence-electron chi connectivity index (χ4n) is 2.18. The van der Waals surface area contributed by atoms with Gasteiger partial charge in [-0.25, -0.2) is 17.9 Å². The van der Waals surface area contributed by atoms with Gasteiger partial charge in [0, 0.05) is 30.9 Å². The monoisotopic (exact) mass is 387 g/mol. The van der Waals surface area contributed by atoms with Crippen LogP contribution in [0.1, 0.15) is 11.5 Å². The van der Waals surface area contributed by atoms with Crippen LogP contribution in [0.3, 0.4) is 0 Å². The quantitative estimate of drug-likeness (QED) is 0.658. The Balaban J connectivity index is 1.51. The number of amides is 2. The van der Waals surface area contributed by atoms with Crippen molar-refractivity contribution in [3.8, 4) is 11.5 Å². The van der Waals surface area contributed by atoms with E-state index in [4.69, 9.17) is 4.42 Å². The molecular formula is C17H17N5O4S. The van der Waals surface area contributed by atoms with E-state index in [1.54, 1.807) is 36.7 Å². The predicted molar refractivity (Wildman–Crippen MR) is 96.1 cm³/mol. The van der Waals surface area contributed by atoms with Gasteiger partial charge in [0.2, 0.25) is 11.8 Å². The van der Waals surface area contributed by atoms with E-state index < -0.39 is 16.1 Å². The zero-order valence-electron chi connectivity index (χ0n) is 14.4. The van der Waals surface area contributed by atoms with Gasteiger partial charge in [-0.3, -0.25) is 4.98 Å². The summed E-state index contributed by atoms with van der Waals surface area (Å²) < 4.78 is 31.7. The summed E-state index contributed by atoms with van der Waals surface area (Å²) in [5, 5.41) is 10.3. The van der Waals surface area contributed by atoms with E-state index in [-0.39, 0.29) is 17.9 Å². The van der Waals surface area contributed by atoms with Crippen LogP contribution < -0.4 is 10.0 Å². The molecule has 10 heteroatoms. The van der Waals surface area contributed by atoms with Gasteiger partial charge in [-0.15, -0.1) is 10.2 Å². The molecule has 2 heterocycles. The molecule has 3 rings (SSSR count). The summed E-state index contributed by atoms with van der Waals surface area (Å²) in [4.78, 5) is 15.8. The number of hydrogen-bond donors (Lipinski definition) is 2. The fraction of sp³-hybridized carbons (Fsp3) is 0.176. The lowest BCUT2D eigenvalue weighted by Crippen LogP contribution is -2.40. The second kappa shape index (κ2) is 7.96. The molecule has 0 saturated carbocycles. The van der Waals surface area contributed by atoms with Gasteiger partial charge in [-0.05, 0) is 31.2 Å². The van der Waals surface area contributed by atoms with Crippen molar-refractivity contribution in [1.29, 1.82) is 0 Å². The van der Waals surface area contributed by atoms with Gasteiger partial charge >= 0.3 is 6.03 Å². The maximum absolute atomic E-state index is 12.1. The van der Waals surface area contributed by atoms with Crippen molar-refractivity contribution in [2.75, 3.05) is 6.54 Å². The summed E-state index contributed by atoms with van der Waals surface area (Å²) >= 11 is 0. The Kier molecular flexibility index (Phi) is 5.46. The third kappa shape index (κ3) is 4.88. The number of nitrogens with zero attached hydrogens (tertiary/aromatic N) is 3. The molecule has 3 aromatic rings. The number of aryl methyl sites for hydroxylation is 1. The summed E-state index contributed by atoms with van der Waals surface area (Å²) in [6.45, 7) is 1.97. The number of carbonyl (C=O) groups is 1. The third-order valence-electron chi connectivity index (χ3n) is 3.58. The highest BCUT2D eigenvalue weighted by atomic mass is 32.2. The average molecular weight is 387 g/mol. The van der Waals surface area contributed by atoms with Gasteiger partial charge in [-0.1, -0.05) is 17.7 Å². The van der Waals surface area contributed by atoms with Gasteiger partial charge < -0.3 is 9.73 Å². The van der Waals surface area contributed by atoms with Crippen LogP contribution in [-0.4, -0.2) is 36.2 Å². The largest absolute Gasteiger partial charge is 0.421 e. The summed E-state index contributed by atoms with van der Waals surface area (Å²) in [6.07, 6.45) is 3.48. The molecule has 0 spiro atoms. The number of pyridine rings is 1. The minimum Gasteiger partial charge on any atom is -0.421 e. The molecule has 2 N–H and O–H groups in total. The molecule has 0 radical (unpaired) electrons. The first-order chi connectivity index (χ1) is 12.9. The maximum Gasteiger partial charge on any atom is 0.328 e. The first-order valence-electron chi connectivity index (χ1n) is 8.04. The normalized spacial score (nSPS) is 11.1. The lowest BCUT2D eigenvalue weighted by molar-refractivity contribution is 0.245. The molecule has 0 atom stereocenters. The molecule has 0 aliphatic heterocycles. The lowest BCUT2D eigenvalue weighted by atomic mass is 10.2. The smallest absolute Gasteiger partial charge is 0.328 e. The van der Waals surface area contributed by atoms with E-state index in [0.717, 1.165) is 11.1 Å². The topological polar surface area (TPSA) is 127 Å². The van der Waals surface area contributed by atoms with E-state index in [1.807, 2.05) is 11.6 Å². The van der Waals surface area contributed by atoms with Gasteiger partial charge in [-0.2, -0.15) is 0 Å². The summed E-state index contributed by atoms with van der Waals surface area (Å²) in [7, 11) is -3.92. The predicted octanol–water partition coefficient (Wildman–Crippen LogP) is 1.67. The Bertz CT molecular complexity index is 1020. The average Bonchev–Trinajstić information content (AvgIpc) is 3.11. The Hall–Kier alpha value is -3.27. The van der Waals surface area contributed by atoms with E-state index in [2.05, 4.69) is 20.5 Å². The van der Waals surface area contributed by atoms with Crippen molar-refractivity contribution in [3.05, 3.63) is 60.2 Å². The number of sulfonamides is 1. The number of aromatic nitrogens is 3. The van der Waals surface area contributed by atoms with Crippen molar-refractivity contribution < 1.29 is 17.6 Å². The second-order valence-electron chi connectivity index (χ2n) is 5.66. The molecule has 9 nitrogen and oxygen atoms in total. The molecule has 140 valence electrons. The Morgan fingerprint density at radius 2 is 1.78 bits per heavy atom. The fourth-order valence-corrected chi connectivity index (χ4v) is 3.11. The first kappa shape index (κ1) is 18.5. The van der Waals surface area contributed by atoms with Crippen molar-refractivity contribution in [2.24, 2.45) is 0 Å². The maximum atomic E-state index is 12.1. The molecule has 2 amide bonds. The van der Waals surface area contributed by atoms with Crippen LogP contribution in [0.2, 0.25) is 0 Å². The highest BCUT2D eigenvalue weighted by Gasteiger charge is 2.17. The lowest BCUT2D eigenvalue weighted by Gasteiger charge is -2.08. The van der Waals surface area contributed by atoms with E-state index >= 15 is 0 Å². The minimum absolute atomic E-state index is 0.0159. The summed E-state index contributed by atoms with van der Waals surface area (Å²) in [6, 6.07) is 8.82. The molecule has 1 aromatic carbocycles. The van der Waals surface area contributed by atoms with Crippen LogP contribution in [0.15, 0.2) is 58.1 Å². The zero-order chi connectivity index (χ0) is 19.3. The summed E-state index contributed by atoms with van der Waals surface area (Å²) in [5.74, 6) is 0.669. The third-order valence-corrected chi connectivity index (χ3v) is 4.92. The van der Waals surface area contributed by atoms with Crippen LogP contribution >= 0.6 is 0 Å².